The van der Waals surface area contributed by atoms with Gasteiger partial charge in [-0.05, 0) is 116 Å². The molecule has 1 saturated carbocycles. The summed E-state index contributed by atoms with van der Waals surface area (Å²) < 4.78 is 23.2. The predicted octanol–water partition coefficient (Wildman–Crippen LogP) is 0.426. The van der Waals surface area contributed by atoms with Gasteiger partial charge in [-0.1, -0.05) is 30.2 Å². The molecule has 3 rings (SSSR count). The lowest BCUT2D eigenvalue weighted by Gasteiger charge is -2.53. The largest absolute Gasteiger partial charge is 0.394 e. The van der Waals surface area contributed by atoms with Crippen molar-refractivity contribution in [1.29, 1.82) is 0 Å². The molecule has 336 valence electrons. The second kappa shape index (κ2) is 21.9. The molecule has 58 heavy (non-hydrogen) atoms. The Labute approximate surface area is 342 Å². The zero-order chi connectivity index (χ0) is 43.7. The van der Waals surface area contributed by atoms with Crippen LogP contribution in [0, 0.1) is 11.3 Å². The average Bonchev–Trinajstić information content (AvgIpc) is 3.17. The number of hydrogen-bond donors (Lipinski definition) is 11. The first-order valence-corrected chi connectivity index (χ1v) is 20.5. The average molecular weight is 833 g/mol. The lowest BCUT2D eigenvalue weighted by molar-refractivity contribution is -0.308. The molecule has 16 heteroatoms. The van der Waals surface area contributed by atoms with Gasteiger partial charge in [-0.25, -0.2) is 0 Å². The first-order chi connectivity index (χ1) is 27.0. The van der Waals surface area contributed by atoms with Crippen molar-refractivity contribution in [1.82, 2.24) is 0 Å². The van der Waals surface area contributed by atoms with Gasteiger partial charge in [0.05, 0.1) is 36.6 Å². The lowest BCUT2D eigenvalue weighted by Crippen LogP contribution is -2.59. The molecule has 3 fully saturated rings. The highest BCUT2D eigenvalue weighted by atomic mass is 16.7. The lowest BCUT2D eigenvalue weighted by atomic mass is 9.54. The van der Waals surface area contributed by atoms with Crippen LogP contribution in [0.2, 0.25) is 0 Å². The second-order valence-corrected chi connectivity index (χ2v) is 17.6. The first-order valence-electron chi connectivity index (χ1n) is 20.5. The van der Waals surface area contributed by atoms with E-state index in [9.17, 15) is 61.0 Å². The highest BCUT2D eigenvalue weighted by Crippen LogP contribution is 2.55. The van der Waals surface area contributed by atoms with Gasteiger partial charge in [0.15, 0.2) is 12.6 Å². The summed E-state index contributed by atoms with van der Waals surface area (Å²) in [5.74, 6) is -0.264. The van der Waals surface area contributed by atoms with Gasteiger partial charge in [0.25, 0.3) is 0 Å². The monoisotopic (exact) mass is 832 g/mol. The van der Waals surface area contributed by atoms with E-state index in [1.54, 1.807) is 13.8 Å². The van der Waals surface area contributed by atoms with E-state index in [-0.39, 0.29) is 12.5 Å². The van der Waals surface area contributed by atoms with E-state index < -0.39 is 103 Å². The molecule has 0 amide bonds. The molecule has 4 unspecified atom stereocenters. The third-order valence-corrected chi connectivity index (χ3v) is 12.8. The molecule has 0 aromatic carbocycles. The van der Waals surface area contributed by atoms with Crippen LogP contribution >= 0.6 is 0 Å². The van der Waals surface area contributed by atoms with Crippen LogP contribution in [0.15, 0.2) is 34.4 Å². The molecule has 0 aromatic rings. The molecule has 3 aliphatic rings. The SMILES string of the molecule is C/C(=C\CC(O[C@@H]1O[C@H](CO)[C@@H](O)[C@@H](O)[C@H]1O)/C(C)=C/CCC1(C)C(CCCO[C@@H]2O[C@H](CO)[C@@H](O)[C@@H](O)[C@H]2O)/C(=C(\C)C=O)CC[C@]1(C)O)CCC(O)C(C)(C)O. The van der Waals surface area contributed by atoms with Crippen LogP contribution in [-0.4, -0.2) is 167 Å². The molecule has 2 aliphatic heterocycles. The number of carbonyl (C=O) groups is 1. The minimum atomic E-state index is -1.63. The van der Waals surface area contributed by atoms with E-state index in [0.717, 1.165) is 23.0 Å². The van der Waals surface area contributed by atoms with Gasteiger partial charge >= 0.3 is 0 Å². The second-order valence-electron chi connectivity index (χ2n) is 17.6. The van der Waals surface area contributed by atoms with Crippen LogP contribution in [0.25, 0.3) is 0 Å². The van der Waals surface area contributed by atoms with Crippen molar-refractivity contribution in [2.24, 2.45) is 11.3 Å². The number of hydrogen-bond acceptors (Lipinski definition) is 16. The summed E-state index contributed by atoms with van der Waals surface area (Å²) in [7, 11) is 0. The quantitative estimate of drug-likeness (QED) is 0.0344. The molecular weight excluding hydrogens is 760 g/mol. The number of aldehydes is 1. The van der Waals surface area contributed by atoms with Crippen molar-refractivity contribution in [2.75, 3.05) is 19.8 Å². The molecule has 0 bridgehead atoms. The summed E-state index contributed by atoms with van der Waals surface area (Å²) >= 11 is 0. The zero-order valence-electron chi connectivity index (χ0n) is 35.2. The third-order valence-electron chi connectivity index (χ3n) is 12.8. The Morgan fingerprint density at radius 2 is 1.47 bits per heavy atom. The fourth-order valence-electron chi connectivity index (χ4n) is 8.32. The highest BCUT2D eigenvalue weighted by Gasteiger charge is 2.52. The van der Waals surface area contributed by atoms with Crippen LogP contribution < -0.4 is 0 Å². The molecule has 2 saturated heterocycles. The van der Waals surface area contributed by atoms with E-state index in [1.165, 1.54) is 13.8 Å². The molecule has 16 nitrogen and oxygen atoms in total. The maximum Gasteiger partial charge on any atom is 0.187 e. The molecule has 0 radical (unpaired) electrons. The van der Waals surface area contributed by atoms with Crippen molar-refractivity contribution >= 4 is 6.29 Å². The molecule has 2 heterocycles. The molecule has 0 aromatic heterocycles. The van der Waals surface area contributed by atoms with Crippen LogP contribution in [0.3, 0.4) is 0 Å². The Morgan fingerprint density at radius 1 is 0.897 bits per heavy atom. The fourth-order valence-corrected chi connectivity index (χ4v) is 8.32. The Kier molecular flexibility index (Phi) is 19.1. The van der Waals surface area contributed by atoms with Crippen molar-refractivity contribution in [3.05, 3.63) is 34.4 Å². The number of allylic oxidation sites excluding steroid dienone is 4. The summed E-state index contributed by atoms with van der Waals surface area (Å²) in [6, 6.07) is 0. The van der Waals surface area contributed by atoms with Gasteiger partial charge in [0.1, 0.15) is 55.1 Å². The van der Waals surface area contributed by atoms with Gasteiger partial charge < -0.3 is 75.1 Å². The molecule has 0 spiro atoms. The molecular formula is C42H72O16. The minimum Gasteiger partial charge on any atom is -0.394 e. The van der Waals surface area contributed by atoms with Crippen LogP contribution in [-0.2, 0) is 23.7 Å². The summed E-state index contributed by atoms with van der Waals surface area (Å²) in [5.41, 5.74) is -0.0130. The van der Waals surface area contributed by atoms with Crippen LogP contribution in [0.1, 0.15) is 106 Å². The van der Waals surface area contributed by atoms with E-state index in [2.05, 4.69) is 0 Å². The molecule has 11 N–H and O–H groups in total. The van der Waals surface area contributed by atoms with Crippen molar-refractivity contribution in [3.8, 4) is 0 Å². The maximum atomic E-state index is 12.1. The number of aliphatic hydroxyl groups is 11. The van der Waals surface area contributed by atoms with E-state index in [1.807, 2.05) is 32.9 Å². The van der Waals surface area contributed by atoms with Gasteiger partial charge in [-0.15, -0.1) is 0 Å². The number of aliphatic hydroxyl groups excluding tert-OH is 9. The number of rotatable bonds is 20. The normalized spacial score (nSPS) is 38.7. The number of ether oxygens (including phenoxy) is 4. The Morgan fingerprint density at radius 3 is 2.02 bits per heavy atom. The van der Waals surface area contributed by atoms with Crippen molar-refractivity contribution in [3.63, 3.8) is 0 Å². The Bertz CT molecular complexity index is 1390. The number of carbonyl (C=O) groups excluding carboxylic acids is 1. The molecule has 15 atom stereocenters. The zero-order valence-corrected chi connectivity index (χ0v) is 35.2. The highest BCUT2D eigenvalue weighted by molar-refractivity contribution is 5.74. The predicted molar refractivity (Wildman–Crippen MR) is 211 cm³/mol. The standard InChI is InChI=1S/C42H72O16/c1-23(13-15-31(46)40(4,5)53)12-14-28(56-39-37(52)35(50)33(48)30(22-45)58-39)24(2)10-8-17-41(6)27(26(25(3)20-43)16-18-42(41,7)54)11-9-19-55-38-36(51)34(49)32(47)29(21-44)57-38/h10,12,20,27-39,44-54H,8-9,11,13-19,21-22H2,1-7H3/b23-12+,24-10+,26-25+/t27?,28?,29-,30-,31?,32-,33-,34-,35-,36-,37-,38-,39-,41?,42+/m1/s1. The van der Waals surface area contributed by atoms with Gasteiger partial charge in [-0.2, -0.15) is 0 Å². The van der Waals surface area contributed by atoms with Gasteiger partial charge in [0, 0.05) is 12.0 Å². The third kappa shape index (κ3) is 12.4. The molecule has 1 aliphatic carbocycles. The van der Waals surface area contributed by atoms with Gasteiger partial charge in [-0.3, -0.25) is 4.79 Å². The smallest absolute Gasteiger partial charge is 0.187 e. The maximum absolute atomic E-state index is 12.1. The Balaban J connectivity index is 1.84. The van der Waals surface area contributed by atoms with Crippen molar-refractivity contribution in [2.45, 2.75) is 191 Å². The summed E-state index contributed by atoms with van der Waals surface area (Å²) in [6.45, 7) is 11.2. The minimum absolute atomic E-state index is 0.0739. The summed E-state index contributed by atoms with van der Waals surface area (Å²) in [4.78, 5) is 12.1. The van der Waals surface area contributed by atoms with E-state index >= 15 is 0 Å². The first kappa shape index (κ1) is 50.6. The van der Waals surface area contributed by atoms with Crippen molar-refractivity contribution < 1.29 is 79.9 Å². The van der Waals surface area contributed by atoms with E-state index in [4.69, 9.17) is 18.9 Å². The van der Waals surface area contributed by atoms with Gasteiger partial charge in [0.2, 0.25) is 0 Å². The fraction of sp³-hybridized carbons (Fsp3) is 0.833. The topological polar surface area (TPSA) is 277 Å². The summed E-state index contributed by atoms with van der Waals surface area (Å²) in [5, 5.41) is 114. The summed E-state index contributed by atoms with van der Waals surface area (Å²) in [6.07, 6.45) is -7.49. The Hall–Kier alpha value is -1.71. The van der Waals surface area contributed by atoms with Crippen LogP contribution in [0.5, 0.6) is 0 Å². The van der Waals surface area contributed by atoms with Crippen LogP contribution in [0.4, 0.5) is 0 Å². The van der Waals surface area contributed by atoms with E-state index in [0.29, 0.717) is 63.4 Å².